The molecule has 2 N–H and O–H groups in total. The van der Waals surface area contributed by atoms with Gasteiger partial charge in [0.15, 0.2) is 0 Å². The first-order chi connectivity index (χ1) is 9.97. The van der Waals surface area contributed by atoms with Crippen LogP contribution in [0.1, 0.15) is 5.56 Å². The summed E-state index contributed by atoms with van der Waals surface area (Å²) in [5.41, 5.74) is 1.83. The number of anilines is 2. The SMILES string of the molecule is Cc1cc(Br)ccc1NC(=O)C(=O)Nc1ccccc1Cl. The molecule has 0 atom stereocenters. The number of para-hydroxylation sites is 1. The van der Waals surface area contributed by atoms with Crippen molar-refractivity contribution in [3.63, 3.8) is 0 Å². The standard InChI is InChI=1S/C15H12BrClN2O2/c1-9-8-10(16)6-7-12(9)18-14(20)15(21)19-13-5-3-2-4-11(13)17/h2-8H,1H3,(H,18,20)(H,19,21). The van der Waals surface area contributed by atoms with Crippen molar-refractivity contribution in [3.8, 4) is 0 Å². The molecule has 2 amide bonds. The summed E-state index contributed by atoms with van der Waals surface area (Å²) in [7, 11) is 0. The van der Waals surface area contributed by atoms with Crippen LogP contribution >= 0.6 is 27.5 Å². The first-order valence-corrected chi connectivity index (χ1v) is 7.27. The van der Waals surface area contributed by atoms with Crippen LogP contribution in [0.2, 0.25) is 5.02 Å². The zero-order valence-electron chi connectivity index (χ0n) is 11.1. The van der Waals surface area contributed by atoms with Crippen molar-refractivity contribution in [1.29, 1.82) is 0 Å². The highest BCUT2D eigenvalue weighted by Gasteiger charge is 2.16. The third-order valence-electron chi connectivity index (χ3n) is 2.76. The fourth-order valence-electron chi connectivity index (χ4n) is 1.69. The average Bonchev–Trinajstić information content (AvgIpc) is 2.44. The van der Waals surface area contributed by atoms with E-state index >= 15 is 0 Å². The lowest BCUT2D eigenvalue weighted by molar-refractivity contribution is -0.133. The molecule has 0 heterocycles. The van der Waals surface area contributed by atoms with Gasteiger partial charge in [0, 0.05) is 10.2 Å². The molecule has 0 aliphatic carbocycles. The number of benzene rings is 2. The molecule has 2 aromatic rings. The van der Waals surface area contributed by atoms with E-state index in [-0.39, 0.29) is 0 Å². The summed E-state index contributed by atoms with van der Waals surface area (Å²) in [5.74, 6) is -1.52. The normalized spacial score (nSPS) is 10.0. The van der Waals surface area contributed by atoms with Crippen molar-refractivity contribution in [2.24, 2.45) is 0 Å². The number of halogens is 2. The molecule has 2 rings (SSSR count). The Bertz CT molecular complexity index is 704. The maximum Gasteiger partial charge on any atom is 0.314 e. The van der Waals surface area contributed by atoms with Crippen LogP contribution < -0.4 is 10.6 Å². The average molecular weight is 368 g/mol. The van der Waals surface area contributed by atoms with Gasteiger partial charge in [0.05, 0.1) is 10.7 Å². The Morgan fingerprint density at radius 2 is 1.62 bits per heavy atom. The maximum absolute atomic E-state index is 11.9. The lowest BCUT2D eigenvalue weighted by atomic mass is 10.2. The third kappa shape index (κ3) is 4.06. The van der Waals surface area contributed by atoms with E-state index in [0.29, 0.717) is 16.4 Å². The van der Waals surface area contributed by atoms with Gasteiger partial charge in [0.2, 0.25) is 0 Å². The molecule has 0 aromatic heterocycles. The predicted molar refractivity (Wildman–Crippen MR) is 87.6 cm³/mol. The number of amides is 2. The van der Waals surface area contributed by atoms with E-state index in [1.807, 2.05) is 13.0 Å². The zero-order valence-corrected chi connectivity index (χ0v) is 13.5. The van der Waals surface area contributed by atoms with Crippen molar-refractivity contribution in [2.45, 2.75) is 6.92 Å². The molecule has 0 aliphatic rings. The summed E-state index contributed by atoms with van der Waals surface area (Å²) >= 11 is 9.26. The van der Waals surface area contributed by atoms with Gasteiger partial charge in [-0.1, -0.05) is 39.7 Å². The monoisotopic (exact) mass is 366 g/mol. The quantitative estimate of drug-likeness (QED) is 0.789. The molecule has 0 spiro atoms. The van der Waals surface area contributed by atoms with Crippen molar-refractivity contribution >= 4 is 50.7 Å². The molecule has 0 saturated heterocycles. The maximum atomic E-state index is 11.9. The number of nitrogens with one attached hydrogen (secondary N) is 2. The van der Waals surface area contributed by atoms with Gasteiger partial charge < -0.3 is 10.6 Å². The van der Waals surface area contributed by atoms with E-state index in [4.69, 9.17) is 11.6 Å². The van der Waals surface area contributed by atoms with Crippen LogP contribution in [0, 0.1) is 6.92 Å². The number of hydrogen-bond acceptors (Lipinski definition) is 2. The smallest absolute Gasteiger partial charge is 0.314 e. The fourth-order valence-corrected chi connectivity index (χ4v) is 2.35. The summed E-state index contributed by atoms with van der Waals surface area (Å²) in [6, 6.07) is 12.1. The first kappa shape index (κ1) is 15.5. The molecule has 0 fully saturated rings. The molecular formula is C15H12BrClN2O2. The Kier molecular flexibility index (Phi) is 4.98. The van der Waals surface area contributed by atoms with E-state index < -0.39 is 11.8 Å². The van der Waals surface area contributed by atoms with E-state index in [2.05, 4.69) is 26.6 Å². The van der Waals surface area contributed by atoms with Crippen molar-refractivity contribution in [3.05, 3.63) is 57.5 Å². The van der Waals surface area contributed by atoms with E-state index in [1.54, 1.807) is 36.4 Å². The van der Waals surface area contributed by atoms with Gasteiger partial charge in [-0.25, -0.2) is 0 Å². The van der Waals surface area contributed by atoms with Gasteiger partial charge in [0.25, 0.3) is 0 Å². The largest absolute Gasteiger partial charge is 0.318 e. The molecule has 0 bridgehead atoms. The molecule has 108 valence electrons. The Hall–Kier alpha value is -1.85. The van der Waals surface area contributed by atoms with Crippen LogP contribution in [0.4, 0.5) is 11.4 Å². The van der Waals surface area contributed by atoms with Crippen molar-refractivity contribution in [2.75, 3.05) is 10.6 Å². The summed E-state index contributed by atoms with van der Waals surface area (Å²) in [4.78, 5) is 23.7. The van der Waals surface area contributed by atoms with Gasteiger partial charge in [-0.3, -0.25) is 9.59 Å². The number of carbonyl (C=O) groups excluding carboxylic acids is 2. The van der Waals surface area contributed by atoms with E-state index in [9.17, 15) is 9.59 Å². The Morgan fingerprint density at radius 1 is 1.00 bits per heavy atom. The van der Waals surface area contributed by atoms with E-state index in [1.165, 1.54) is 0 Å². The minimum Gasteiger partial charge on any atom is -0.318 e. The van der Waals surface area contributed by atoms with Crippen LogP contribution in [0.25, 0.3) is 0 Å². The molecular weight excluding hydrogens is 356 g/mol. The molecule has 21 heavy (non-hydrogen) atoms. The number of aryl methyl sites for hydroxylation is 1. The lowest BCUT2D eigenvalue weighted by Crippen LogP contribution is -2.29. The summed E-state index contributed by atoms with van der Waals surface area (Å²) < 4.78 is 0.901. The van der Waals surface area contributed by atoms with Crippen LogP contribution in [-0.4, -0.2) is 11.8 Å². The van der Waals surface area contributed by atoms with Crippen molar-refractivity contribution in [1.82, 2.24) is 0 Å². The number of carbonyl (C=O) groups is 2. The molecule has 2 aromatic carbocycles. The van der Waals surface area contributed by atoms with Crippen LogP contribution in [0.5, 0.6) is 0 Å². The van der Waals surface area contributed by atoms with Crippen LogP contribution in [-0.2, 0) is 9.59 Å². The summed E-state index contributed by atoms with van der Waals surface area (Å²) in [6.45, 7) is 1.84. The lowest BCUT2D eigenvalue weighted by Gasteiger charge is -2.09. The highest BCUT2D eigenvalue weighted by Crippen LogP contribution is 2.21. The second kappa shape index (κ2) is 6.74. The van der Waals surface area contributed by atoms with Crippen LogP contribution in [0.15, 0.2) is 46.9 Å². The first-order valence-electron chi connectivity index (χ1n) is 6.10. The van der Waals surface area contributed by atoms with Crippen molar-refractivity contribution < 1.29 is 9.59 Å². The number of hydrogen-bond donors (Lipinski definition) is 2. The van der Waals surface area contributed by atoms with Gasteiger partial charge in [-0.15, -0.1) is 0 Å². The zero-order chi connectivity index (χ0) is 15.4. The molecule has 0 radical (unpaired) electrons. The topological polar surface area (TPSA) is 58.2 Å². The predicted octanol–water partition coefficient (Wildman–Crippen LogP) is 3.99. The molecule has 0 unspecified atom stereocenters. The Morgan fingerprint density at radius 3 is 2.24 bits per heavy atom. The van der Waals surface area contributed by atoms with Crippen LogP contribution in [0.3, 0.4) is 0 Å². The third-order valence-corrected chi connectivity index (χ3v) is 3.59. The second-order valence-corrected chi connectivity index (χ2v) is 5.67. The molecule has 4 nitrogen and oxygen atoms in total. The van der Waals surface area contributed by atoms with E-state index in [0.717, 1.165) is 10.0 Å². The minimum atomic E-state index is -0.773. The Balaban J connectivity index is 2.06. The highest BCUT2D eigenvalue weighted by atomic mass is 79.9. The fraction of sp³-hybridized carbons (Fsp3) is 0.0667. The van der Waals surface area contributed by atoms with Gasteiger partial charge in [-0.05, 0) is 42.8 Å². The highest BCUT2D eigenvalue weighted by molar-refractivity contribution is 9.10. The Labute approximate surface area is 135 Å². The van der Waals surface area contributed by atoms with Gasteiger partial charge in [-0.2, -0.15) is 0 Å². The summed E-state index contributed by atoms with van der Waals surface area (Å²) in [6.07, 6.45) is 0. The molecule has 6 heteroatoms. The second-order valence-electron chi connectivity index (χ2n) is 4.35. The molecule has 0 saturated carbocycles. The van der Waals surface area contributed by atoms with Gasteiger partial charge >= 0.3 is 11.8 Å². The summed E-state index contributed by atoms with van der Waals surface area (Å²) in [5, 5.41) is 5.40. The van der Waals surface area contributed by atoms with Gasteiger partial charge in [0.1, 0.15) is 0 Å². The minimum absolute atomic E-state index is 0.374. The molecule has 0 aliphatic heterocycles. The number of rotatable bonds is 2.